The number of hydrogen-bond donors (Lipinski definition) is 2. The van der Waals surface area contributed by atoms with Crippen LogP contribution in [0.25, 0.3) is 0 Å². The maximum atomic E-state index is 12.5. The molecule has 1 saturated heterocycles. The minimum Gasteiger partial charge on any atom is -0.326 e. The van der Waals surface area contributed by atoms with Crippen LogP contribution >= 0.6 is 24.0 Å². The molecule has 0 bridgehead atoms. The van der Waals surface area contributed by atoms with Crippen molar-refractivity contribution < 1.29 is 4.79 Å². The molecule has 0 spiro atoms. The summed E-state index contributed by atoms with van der Waals surface area (Å²) < 4.78 is 0. The molecule has 3 atom stereocenters. The Morgan fingerprint density at radius 1 is 1.20 bits per heavy atom. The van der Waals surface area contributed by atoms with Gasteiger partial charge in [0.2, 0.25) is 5.91 Å². The second-order valence-corrected chi connectivity index (χ2v) is 6.75. The number of amides is 1. The van der Waals surface area contributed by atoms with Gasteiger partial charge in [-0.2, -0.15) is 0 Å². The molecule has 3 rings (SSSR count). The van der Waals surface area contributed by atoms with E-state index >= 15 is 0 Å². The molecule has 3 N–H and O–H groups in total. The van der Waals surface area contributed by atoms with E-state index in [1.165, 1.54) is 5.56 Å². The Labute approximate surface area is 159 Å². The van der Waals surface area contributed by atoms with Crippen LogP contribution < -0.4 is 11.1 Å². The summed E-state index contributed by atoms with van der Waals surface area (Å²) >= 11 is 5.96. The van der Waals surface area contributed by atoms with Crippen molar-refractivity contribution in [1.82, 2.24) is 4.90 Å². The van der Waals surface area contributed by atoms with Gasteiger partial charge in [0, 0.05) is 35.8 Å². The van der Waals surface area contributed by atoms with Crippen molar-refractivity contribution in [3.05, 3.63) is 65.2 Å². The first-order valence-electron chi connectivity index (χ1n) is 8.15. The predicted octanol–water partition coefficient (Wildman–Crippen LogP) is 3.52. The molecule has 1 heterocycles. The molecule has 0 aromatic heterocycles. The van der Waals surface area contributed by atoms with Crippen LogP contribution in [0.1, 0.15) is 18.4 Å². The summed E-state index contributed by atoms with van der Waals surface area (Å²) in [5.74, 6) is 0.214. The lowest BCUT2D eigenvalue weighted by atomic mass is 9.95. The number of nitrogens with one attached hydrogen (secondary N) is 1. The number of benzene rings is 2. The van der Waals surface area contributed by atoms with Gasteiger partial charge in [0.25, 0.3) is 0 Å². The van der Waals surface area contributed by atoms with E-state index in [2.05, 4.69) is 22.3 Å². The van der Waals surface area contributed by atoms with Gasteiger partial charge in [-0.3, -0.25) is 9.69 Å². The molecule has 0 aliphatic carbocycles. The Hall–Kier alpha value is -1.59. The lowest BCUT2D eigenvalue weighted by Crippen LogP contribution is -2.41. The van der Waals surface area contributed by atoms with Crippen molar-refractivity contribution in [2.45, 2.75) is 24.9 Å². The van der Waals surface area contributed by atoms with Gasteiger partial charge in [0.15, 0.2) is 0 Å². The minimum absolute atomic E-state index is 0. The maximum Gasteiger partial charge on any atom is 0.241 e. The predicted molar refractivity (Wildman–Crippen MR) is 106 cm³/mol. The molecule has 2 aromatic carbocycles. The van der Waals surface area contributed by atoms with Gasteiger partial charge >= 0.3 is 0 Å². The molecule has 1 aliphatic rings. The van der Waals surface area contributed by atoms with Crippen LogP contribution in [0.3, 0.4) is 0 Å². The highest BCUT2D eigenvalue weighted by Crippen LogP contribution is 2.28. The zero-order valence-corrected chi connectivity index (χ0v) is 15.6. The number of carbonyl (C=O) groups is 1. The molecule has 25 heavy (non-hydrogen) atoms. The van der Waals surface area contributed by atoms with Crippen LogP contribution in [0, 0.1) is 0 Å². The number of anilines is 1. The number of nitrogens with two attached hydrogens (primary N) is 1. The number of hydrogen-bond acceptors (Lipinski definition) is 3. The summed E-state index contributed by atoms with van der Waals surface area (Å²) in [6.45, 7) is 3.42. The number of carbonyl (C=O) groups excluding carboxylic acids is 1. The van der Waals surface area contributed by atoms with E-state index in [4.69, 9.17) is 17.3 Å². The van der Waals surface area contributed by atoms with Gasteiger partial charge < -0.3 is 11.1 Å². The first-order chi connectivity index (χ1) is 11.5. The average molecular weight is 380 g/mol. The second-order valence-electron chi connectivity index (χ2n) is 6.31. The standard InChI is InChI=1S/C19H22ClN3O.ClH/c1-13(19(24)22-16-9-5-8-15(20)10-16)23-11-17(18(21)12-23)14-6-3-2-4-7-14;/h2-10,13,17-18H,11-12,21H2,1H3,(H,22,24);1H/t13?,17-,18+;/m0./s1. The molecule has 1 fully saturated rings. The SMILES string of the molecule is CC(C(=O)Nc1cccc(Cl)c1)N1C[C@@H](N)[C@H](c2ccccc2)C1.Cl. The van der Waals surface area contributed by atoms with Crippen molar-refractivity contribution in [3.8, 4) is 0 Å². The topological polar surface area (TPSA) is 58.4 Å². The van der Waals surface area contributed by atoms with E-state index in [1.54, 1.807) is 12.1 Å². The van der Waals surface area contributed by atoms with Crippen LogP contribution in [0.5, 0.6) is 0 Å². The highest BCUT2D eigenvalue weighted by Gasteiger charge is 2.35. The Kier molecular flexibility index (Phi) is 6.85. The lowest BCUT2D eigenvalue weighted by molar-refractivity contribution is -0.120. The third kappa shape index (κ3) is 4.73. The monoisotopic (exact) mass is 379 g/mol. The number of halogens is 2. The average Bonchev–Trinajstić information content (AvgIpc) is 2.96. The maximum absolute atomic E-state index is 12.5. The quantitative estimate of drug-likeness (QED) is 0.854. The molecule has 134 valence electrons. The molecular weight excluding hydrogens is 357 g/mol. The molecule has 6 heteroatoms. The van der Waals surface area contributed by atoms with E-state index in [-0.39, 0.29) is 36.3 Å². The van der Waals surface area contributed by atoms with Crippen molar-refractivity contribution in [1.29, 1.82) is 0 Å². The smallest absolute Gasteiger partial charge is 0.241 e. The number of rotatable bonds is 4. The minimum atomic E-state index is -0.247. The first kappa shape index (κ1) is 19.7. The fraction of sp³-hybridized carbons (Fsp3) is 0.316. The van der Waals surface area contributed by atoms with Crippen molar-refractivity contribution in [3.63, 3.8) is 0 Å². The molecule has 0 saturated carbocycles. The van der Waals surface area contributed by atoms with Crippen LogP contribution in [0.15, 0.2) is 54.6 Å². The van der Waals surface area contributed by atoms with Crippen LogP contribution in [0.2, 0.25) is 5.02 Å². The van der Waals surface area contributed by atoms with Gasteiger partial charge in [0.1, 0.15) is 0 Å². The van der Waals surface area contributed by atoms with Crippen LogP contribution in [0.4, 0.5) is 5.69 Å². The van der Waals surface area contributed by atoms with E-state index in [0.717, 1.165) is 6.54 Å². The Balaban J connectivity index is 0.00000225. The lowest BCUT2D eigenvalue weighted by Gasteiger charge is -2.23. The zero-order chi connectivity index (χ0) is 17.1. The molecule has 1 aliphatic heterocycles. The number of likely N-dealkylation sites (tertiary alicyclic amines) is 1. The molecule has 4 nitrogen and oxygen atoms in total. The number of nitrogens with zero attached hydrogens (tertiary/aromatic N) is 1. The zero-order valence-electron chi connectivity index (χ0n) is 14.1. The Morgan fingerprint density at radius 3 is 2.60 bits per heavy atom. The summed E-state index contributed by atoms with van der Waals surface area (Å²) in [6.07, 6.45) is 0. The van der Waals surface area contributed by atoms with Crippen molar-refractivity contribution >= 4 is 35.6 Å². The van der Waals surface area contributed by atoms with Gasteiger partial charge in [-0.25, -0.2) is 0 Å². The molecule has 1 amide bonds. The van der Waals surface area contributed by atoms with Crippen molar-refractivity contribution in [2.75, 3.05) is 18.4 Å². The van der Waals surface area contributed by atoms with Crippen LogP contribution in [-0.4, -0.2) is 36.0 Å². The second kappa shape index (κ2) is 8.68. The summed E-state index contributed by atoms with van der Waals surface area (Å²) in [5, 5.41) is 3.53. The third-order valence-corrected chi connectivity index (χ3v) is 4.88. The van der Waals surface area contributed by atoms with E-state index in [1.807, 2.05) is 37.3 Å². The Morgan fingerprint density at radius 2 is 1.92 bits per heavy atom. The fourth-order valence-electron chi connectivity index (χ4n) is 3.21. The Bertz CT molecular complexity index is 711. The van der Waals surface area contributed by atoms with E-state index < -0.39 is 0 Å². The van der Waals surface area contributed by atoms with Crippen LogP contribution in [-0.2, 0) is 4.79 Å². The first-order valence-corrected chi connectivity index (χ1v) is 8.53. The highest BCUT2D eigenvalue weighted by molar-refractivity contribution is 6.30. The van der Waals surface area contributed by atoms with E-state index in [9.17, 15) is 4.79 Å². The molecule has 1 unspecified atom stereocenters. The molecule has 0 radical (unpaired) electrons. The molecule has 2 aromatic rings. The summed E-state index contributed by atoms with van der Waals surface area (Å²) in [7, 11) is 0. The largest absolute Gasteiger partial charge is 0.326 e. The van der Waals surface area contributed by atoms with Gasteiger partial charge in [0.05, 0.1) is 6.04 Å². The normalized spacial score (nSPS) is 21.4. The molecular formula is C19H23Cl2N3O. The van der Waals surface area contributed by atoms with Gasteiger partial charge in [-0.15, -0.1) is 12.4 Å². The third-order valence-electron chi connectivity index (χ3n) is 4.64. The summed E-state index contributed by atoms with van der Waals surface area (Å²) in [4.78, 5) is 14.7. The van der Waals surface area contributed by atoms with Crippen molar-refractivity contribution in [2.24, 2.45) is 5.73 Å². The van der Waals surface area contributed by atoms with E-state index in [0.29, 0.717) is 17.3 Å². The highest BCUT2D eigenvalue weighted by atomic mass is 35.5. The van der Waals surface area contributed by atoms with Gasteiger partial charge in [-0.05, 0) is 30.7 Å². The summed E-state index contributed by atoms with van der Waals surface area (Å²) in [5.41, 5.74) is 8.26. The fourth-order valence-corrected chi connectivity index (χ4v) is 3.40. The van der Waals surface area contributed by atoms with Gasteiger partial charge in [-0.1, -0.05) is 48.0 Å². The summed E-state index contributed by atoms with van der Waals surface area (Å²) in [6, 6.07) is 17.2.